The van der Waals surface area contributed by atoms with Crippen LogP contribution in [0.1, 0.15) is 0 Å². The maximum atomic E-state index is 6.56. The Morgan fingerprint density at radius 3 is 1.73 bits per heavy atom. The van der Waals surface area contributed by atoms with Gasteiger partial charge in [-0.25, -0.2) is 0 Å². The van der Waals surface area contributed by atoms with Crippen LogP contribution in [0.3, 0.4) is 0 Å². The lowest BCUT2D eigenvalue weighted by Crippen LogP contribution is -1.95. The van der Waals surface area contributed by atoms with Crippen molar-refractivity contribution in [2.45, 2.75) is 0 Å². The van der Waals surface area contributed by atoms with E-state index in [9.17, 15) is 0 Å². The summed E-state index contributed by atoms with van der Waals surface area (Å²) in [5.74, 6) is 0. The van der Waals surface area contributed by atoms with Crippen LogP contribution in [0.5, 0.6) is 0 Å². The van der Waals surface area contributed by atoms with Crippen molar-refractivity contribution in [2.75, 3.05) is 0 Å². The Kier molecular flexibility index (Phi) is 5.65. The summed E-state index contributed by atoms with van der Waals surface area (Å²) < 4.78 is 14.0. The molecular weight excluding hydrogens is 653 g/mol. The van der Waals surface area contributed by atoms with Gasteiger partial charge in [0.05, 0.1) is 22.1 Å². The van der Waals surface area contributed by atoms with E-state index < -0.39 is 0 Å². The SMILES string of the molecule is c1ccc2c(c1)oc1c2ccc2c3ccccc3n(-c3ccc(-c4ccc(-n5c6ccccc6c6c7sc8ccccc8c7ccc65)cc4)cc3)c21. The number of thiophene rings is 1. The van der Waals surface area contributed by atoms with E-state index in [1.807, 2.05) is 17.4 Å². The van der Waals surface area contributed by atoms with Gasteiger partial charge in [0.1, 0.15) is 5.58 Å². The Bertz CT molecular complexity index is 3390. The van der Waals surface area contributed by atoms with Crippen molar-refractivity contribution in [2.24, 2.45) is 0 Å². The van der Waals surface area contributed by atoms with Gasteiger partial charge in [-0.15, -0.1) is 11.3 Å². The first kappa shape index (κ1) is 28.1. The van der Waals surface area contributed by atoms with Crippen molar-refractivity contribution >= 4 is 97.1 Å². The van der Waals surface area contributed by atoms with Crippen LogP contribution < -0.4 is 0 Å². The molecule has 8 aromatic carbocycles. The molecule has 0 fully saturated rings. The van der Waals surface area contributed by atoms with Crippen molar-refractivity contribution in [3.63, 3.8) is 0 Å². The molecule has 0 atom stereocenters. The summed E-state index contributed by atoms with van der Waals surface area (Å²) in [6, 6.07) is 61.6. The highest BCUT2D eigenvalue weighted by molar-refractivity contribution is 7.26. The normalized spacial score (nSPS) is 12.2. The highest BCUT2D eigenvalue weighted by Crippen LogP contribution is 2.44. The van der Waals surface area contributed by atoms with Gasteiger partial charge in [-0.2, -0.15) is 0 Å². The van der Waals surface area contributed by atoms with Gasteiger partial charge < -0.3 is 13.6 Å². The summed E-state index contributed by atoms with van der Waals surface area (Å²) in [7, 11) is 0. The second-order valence-corrected chi connectivity index (χ2v) is 14.7. The number of hydrogen-bond acceptors (Lipinski definition) is 2. The van der Waals surface area contributed by atoms with Crippen LogP contribution in [-0.2, 0) is 0 Å². The Hall–Kier alpha value is -6.62. The summed E-state index contributed by atoms with van der Waals surface area (Å²) >= 11 is 1.90. The summed E-state index contributed by atoms with van der Waals surface area (Å²) in [6.07, 6.45) is 0. The molecule has 0 bridgehead atoms. The lowest BCUT2D eigenvalue weighted by molar-refractivity contribution is 0.671. The van der Waals surface area contributed by atoms with E-state index in [0.29, 0.717) is 0 Å². The summed E-state index contributed by atoms with van der Waals surface area (Å²) in [6.45, 7) is 0. The highest BCUT2D eigenvalue weighted by Gasteiger charge is 2.20. The third kappa shape index (κ3) is 3.79. The zero-order valence-electron chi connectivity index (χ0n) is 27.9. The summed E-state index contributed by atoms with van der Waals surface area (Å²) in [5.41, 5.74) is 11.2. The molecule has 242 valence electrons. The largest absolute Gasteiger partial charge is 0.454 e. The summed E-state index contributed by atoms with van der Waals surface area (Å²) in [4.78, 5) is 0. The first-order valence-electron chi connectivity index (χ1n) is 17.7. The molecule has 3 nitrogen and oxygen atoms in total. The van der Waals surface area contributed by atoms with Crippen LogP contribution in [0.15, 0.2) is 174 Å². The van der Waals surface area contributed by atoms with Crippen LogP contribution in [0, 0.1) is 0 Å². The minimum absolute atomic E-state index is 0.912. The molecule has 0 amide bonds. The van der Waals surface area contributed by atoms with Crippen molar-refractivity contribution in [1.29, 1.82) is 0 Å². The van der Waals surface area contributed by atoms with E-state index in [2.05, 4.69) is 173 Å². The maximum absolute atomic E-state index is 6.56. The molecule has 52 heavy (non-hydrogen) atoms. The summed E-state index contributed by atoms with van der Waals surface area (Å²) in [5, 5.41) is 9.98. The molecule has 0 spiro atoms. The lowest BCUT2D eigenvalue weighted by atomic mass is 10.0. The predicted molar refractivity (Wildman–Crippen MR) is 221 cm³/mol. The Morgan fingerprint density at radius 1 is 0.385 bits per heavy atom. The second kappa shape index (κ2) is 10.5. The molecule has 0 radical (unpaired) electrons. The molecular formula is C48H28N2OS. The third-order valence-electron chi connectivity index (χ3n) is 10.9. The zero-order chi connectivity index (χ0) is 33.9. The van der Waals surface area contributed by atoms with Gasteiger partial charge in [-0.1, -0.05) is 109 Å². The predicted octanol–water partition coefficient (Wildman–Crippen LogP) is 13.8. The molecule has 4 heteroatoms. The van der Waals surface area contributed by atoms with Crippen LogP contribution in [0.25, 0.3) is 108 Å². The van der Waals surface area contributed by atoms with Crippen LogP contribution in [0.4, 0.5) is 0 Å². The number of benzene rings is 8. The monoisotopic (exact) mass is 680 g/mol. The highest BCUT2D eigenvalue weighted by atomic mass is 32.1. The number of furan rings is 1. The molecule has 12 rings (SSSR count). The Labute approximate surface area is 301 Å². The standard InChI is InChI=1S/C48H28N2OS/c1-5-13-40-33(9-1)36-25-26-37-34-10-3-7-15-43(34)51-47(37)46(36)50(40)32-23-19-30(20-24-32)29-17-21-31(22-18-29)49-41-14-6-2-12-39(41)45-42(49)28-27-38-35-11-4-8-16-44(35)52-48(38)45/h1-28H. The quantitative estimate of drug-likeness (QED) is 0.182. The minimum Gasteiger partial charge on any atom is -0.454 e. The lowest BCUT2D eigenvalue weighted by Gasteiger charge is -2.11. The number of nitrogens with zero attached hydrogens (tertiary/aromatic N) is 2. The molecule has 0 saturated carbocycles. The molecule has 0 aliphatic heterocycles. The van der Waals surface area contributed by atoms with Crippen molar-refractivity contribution in [3.8, 4) is 22.5 Å². The average molecular weight is 681 g/mol. The van der Waals surface area contributed by atoms with Crippen LogP contribution in [0.2, 0.25) is 0 Å². The average Bonchev–Trinajstić information content (AvgIpc) is 3.95. The molecule has 0 unspecified atom stereocenters. The number of para-hydroxylation sites is 3. The van der Waals surface area contributed by atoms with Crippen LogP contribution >= 0.6 is 11.3 Å². The van der Waals surface area contributed by atoms with Gasteiger partial charge in [0.2, 0.25) is 0 Å². The number of hydrogen-bond donors (Lipinski definition) is 0. The van der Waals surface area contributed by atoms with Gasteiger partial charge in [-0.3, -0.25) is 0 Å². The van der Waals surface area contributed by atoms with Gasteiger partial charge >= 0.3 is 0 Å². The topological polar surface area (TPSA) is 23.0 Å². The Morgan fingerprint density at radius 2 is 0.962 bits per heavy atom. The second-order valence-electron chi connectivity index (χ2n) is 13.7. The number of aromatic nitrogens is 2. The van der Waals surface area contributed by atoms with Gasteiger partial charge in [0.25, 0.3) is 0 Å². The van der Waals surface area contributed by atoms with E-state index in [4.69, 9.17) is 4.42 Å². The van der Waals surface area contributed by atoms with E-state index in [1.165, 1.54) is 69.4 Å². The van der Waals surface area contributed by atoms with Crippen molar-refractivity contribution in [3.05, 3.63) is 170 Å². The first-order valence-corrected chi connectivity index (χ1v) is 18.5. The van der Waals surface area contributed by atoms with Crippen LogP contribution in [-0.4, -0.2) is 9.13 Å². The molecule has 0 saturated heterocycles. The van der Waals surface area contributed by atoms with E-state index in [0.717, 1.165) is 38.8 Å². The number of fused-ring (bicyclic) bond motifs is 14. The van der Waals surface area contributed by atoms with E-state index in [1.54, 1.807) is 0 Å². The third-order valence-corrected chi connectivity index (χ3v) is 12.1. The fourth-order valence-electron chi connectivity index (χ4n) is 8.62. The molecule has 4 aromatic heterocycles. The molecule has 4 heterocycles. The Balaban J connectivity index is 0.978. The van der Waals surface area contributed by atoms with Gasteiger partial charge in [-0.05, 0) is 71.8 Å². The minimum atomic E-state index is 0.912. The fourth-order valence-corrected chi connectivity index (χ4v) is 9.88. The molecule has 0 aliphatic rings. The number of rotatable bonds is 3. The molecule has 12 aromatic rings. The first-order chi connectivity index (χ1) is 25.8. The smallest absolute Gasteiger partial charge is 0.160 e. The maximum Gasteiger partial charge on any atom is 0.160 e. The van der Waals surface area contributed by atoms with Gasteiger partial charge in [0.15, 0.2) is 5.58 Å². The van der Waals surface area contributed by atoms with Crippen molar-refractivity contribution < 1.29 is 4.42 Å². The van der Waals surface area contributed by atoms with E-state index >= 15 is 0 Å². The molecule has 0 N–H and O–H groups in total. The van der Waals surface area contributed by atoms with Gasteiger partial charge in [0, 0.05) is 63.9 Å². The zero-order valence-corrected chi connectivity index (χ0v) is 28.7. The molecule has 0 aliphatic carbocycles. The van der Waals surface area contributed by atoms with E-state index in [-0.39, 0.29) is 0 Å². The van der Waals surface area contributed by atoms with Crippen molar-refractivity contribution in [1.82, 2.24) is 9.13 Å². The fraction of sp³-hybridized carbons (Fsp3) is 0.